The number of likely N-dealkylation sites (N-methyl/N-ethyl adjacent to an activating group) is 2. The average molecular weight is 843 g/mol. The number of fused-ring (bicyclic) bond motifs is 2. The van der Waals surface area contributed by atoms with Crippen LogP contribution in [0.25, 0.3) is 33.8 Å². The minimum absolute atomic E-state index is 0.0710. The molecule has 6 N–H and O–H groups in total. The van der Waals surface area contributed by atoms with Gasteiger partial charge in [-0.3, -0.25) is 14.5 Å². The lowest BCUT2D eigenvalue weighted by Gasteiger charge is -2.11. The van der Waals surface area contributed by atoms with E-state index in [1.165, 1.54) is 11.1 Å². The van der Waals surface area contributed by atoms with Gasteiger partial charge in [-0.1, -0.05) is 71.8 Å². The minimum Gasteiger partial charge on any atom is -0.479 e. The highest BCUT2D eigenvalue weighted by Gasteiger charge is 2.29. The summed E-state index contributed by atoms with van der Waals surface area (Å²) in [7, 11) is 7.12. The van der Waals surface area contributed by atoms with Crippen LogP contribution in [0.2, 0.25) is 0 Å². The minimum atomic E-state index is -2.27. The Kier molecular flexibility index (Phi) is 17.2. The van der Waals surface area contributed by atoms with Crippen molar-refractivity contribution in [3.05, 3.63) is 119 Å². The summed E-state index contributed by atoms with van der Waals surface area (Å²) in [5.41, 5.74) is 12.2. The molecule has 2 amide bonds. The van der Waals surface area contributed by atoms with Gasteiger partial charge in [0.2, 0.25) is 11.8 Å². The van der Waals surface area contributed by atoms with E-state index in [4.69, 9.17) is 45.6 Å². The van der Waals surface area contributed by atoms with Gasteiger partial charge >= 0.3 is 18.1 Å². The van der Waals surface area contributed by atoms with Crippen molar-refractivity contribution in [1.82, 2.24) is 28.6 Å². The number of rotatable bonds is 9. The highest BCUT2D eigenvalue weighted by Crippen LogP contribution is 2.27. The molecule has 0 saturated heterocycles. The Hall–Kier alpha value is -7.15. The Morgan fingerprint density at radius 2 is 0.852 bits per heavy atom. The molecule has 0 aliphatic rings. The van der Waals surface area contributed by atoms with Gasteiger partial charge in [-0.05, 0) is 51.0 Å². The molecular formula is C43H50N6O12. The van der Waals surface area contributed by atoms with E-state index in [9.17, 15) is 19.2 Å². The number of hydrogen-bond donors (Lipinski definition) is 6. The highest BCUT2D eigenvalue weighted by atomic mass is 17.1. The van der Waals surface area contributed by atoms with E-state index in [1.54, 1.807) is 38.0 Å². The second kappa shape index (κ2) is 21.7. The largest absolute Gasteiger partial charge is 0.537 e. The van der Waals surface area contributed by atoms with Crippen molar-refractivity contribution in [3.63, 3.8) is 0 Å². The topological polar surface area (TPSA) is 257 Å². The van der Waals surface area contributed by atoms with Crippen LogP contribution in [0.5, 0.6) is 0 Å². The van der Waals surface area contributed by atoms with Crippen LogP contribution in [-0.4, -0.2) is 130 Å². The van der Waals surface area contributed by atoms with Gasteiger partial charge in [-0.15, -0.1) is 0 Å². The molecule has 0 saturated carbocycles. The number of aliphatic carboxylic acids is 2. The molecule has 2 unspecified atom stereocenters. The fourth-order valence-corrected chi connectivity index (χ4v) is 5.49. The van der Waals surface area contributed by atoms with Crippen LogP contribution in [0.1, 0.15) is 33.6 Å². The predicted octanol–water partition coefficient (Wildman–Crippen LogP) is 4.53. The number of carboxylic acid groups (broad SMARTS) is 3. The Morgan fingerprint density at radius 1 is 0.557 bits per heavy atom. The molecule has 61 heavy (non-hydrogen) atoms. The summed E-state index contributed by atoms with van der Waals surface area (Å²) in [5, 5.41) is 46.8. The lowest BCUT2D eigenvalue weighted by atomic mass is 10.1. The van der Waals surface area contributed by atoms with Crippen molar-refractivity contribution < 1.29 is 59.7 Å². The molecule has 6 aromatic rings. The SMILES string of the molecule is Cc1ccc(-c2nc3ccc(C)cn3c2CC(=O)N(C)C)cc1.Cc1ccc(-c2nc3ccc(C)cn3c2CC(=O)N(C)C)cc1.O=C(O)C(O)C(O)C(=O)O.O=C(O)OO. The number of aromatic nitrogens is 4. The molecule has 0 aliphatic heterocycles. The van der Waals surface area contributed by atoms with Gasteiger partial charge in [0.05, 0.1) is 35.6 Å². The number of aryl methyl sites for hydroxylation is 4. The molecule has 0 bridgehead atoms. The first-order valence-corrected chi connectivity index (χ1v) is 18.5. The van der Waals surface area contributed by atoms with Crippen LogP contribution in [0, 0.1) is 27.7 Å². The Balaban J connectivity index is 0.000000246. The summed E-state index contributed by atoms with van der Waals surface area (Å²) >= 11 is 0. The molecule has 2 atom stereocenters. The van der Waals surface area contributed by atoms with Crippen molar-refractivity contribution in [2.45, 2.75) is 52.7 Å². The number of amides is 2. The average Bonchev–Trinajstić information content (AvgIpc) is 3.75. The summed E-state index contributed by atoms with van der Waals surface area (Å²) < 4.78 is 4.07. The summed E-state index contributed by atoms with van der Waals surface area (Å²) in [5.74, 6) is -3.40. The standard InChI is InChI=1S/2C19H21N3O.C4H6O6.CH2O4/c2*1-13-5-8-15(9-6-13)19-16(11-18(23)21(3)4)22-12-14(2)7-10-17(22)20-19;5-1(3(7)8)2(6)4(9)10;2-1(3)5-4/h2*5-10,12H,11H2,1-4H3;1-2,5-6H,(H,7,8)(H,9,10);4H,(H,2,3). The fourth-order valence-electron chi connectivity index (χ4n) is 5.49. The van der Waals surface area contributed by atoms with Crippen LogP contribution in [0.4, 0.5) is 4.79 Å². The molecule has 18 nitrogen and oxygen atoms in total. The molecular weight excluding hydrogens is 793 g/mol. The van der Waals surface area contributed by atoms with Gasteiger partial charge in [0.15, 0.2) is 12.2 Å². The predicted molar refractivity (Wildman–Crippen MR) is 224 cm³/mol. The molecule has 18 heteroatoms. The zero-order chi connectivity index (χ0) is 45.7. The Morgan fingerprint density at radius 3 is 1.11 bits per heavy atom. The van der Waals surface area contributed by atoms with Crippen LogP contribution in [0.3, 0.4) is 0 Å². The van der Waals surface area contributed by atoms with Crippen molar-refractivity contribution in [2.24, 2.45) is 0 Å². The number of carboxylic acids is 2. The number of carbonyl (C=O) groups excluding carboxylic acids is 2. The third kappa shape index (κ3) is 13.4. The first-order valence-electron chi connectivity index (χ1n) is 18.5. The van der Waals surface area contributed by atoms with Crippen molar-refractivity contribution in [3.8, 4) is 22.5 Å². The van der Waals surface area contributed by atoms with E-state index < -0.39 is 30.3 Å². The van der Waals surface area contributed by atoms with Gasteiger partial charge in [0.1, 0.15) is 11.3 Å². The molecule has 4 heterocycles. The van der Waals surface area contributed by atoms with Crippen molar-refractivity contribution in [1.29, 1.82) is 0 Å². The summed E-state index contributed by atoms with van der Waals surface area (Å²) in [6.07, 6.45) is -1.47. The molecule has 0 aliphatic carbocycles. The third-order valence-electron chi connectivity index (χ3n) is 8.90. The summed E-state index contributed by atoms with van der Waals surface area (Å²) in [6.45, 7) is 8.21. The number of aliphatic hydroxyl groups excluding tert-OH is 2. The third-order valence-corrected chi connectivity index (χ3v) is 8.90. The van der Waals surface area contributed by atoms with Crippen LogP contribution in [0.15, 0.2) is 85.2 Å². The quantitative estimate of drug-likeness (QED) is 0.0864. The molecule has 6 rings (SSSR count). The number of hydrogen-bond acceptors (Lipinski definition) is 11. The fraction of sp³-hybridized carbons (Fsp3) is 0.279. The normalized spacial score (nSPS) is 11.4. The van der Waals surface area contributed by atoms with E-state index in [0.29, 0.717) is 12.8 Å². The lowest BCUT2D eigenvalue weighted by Crippen LogP contribution is -2.39. The monoisotopic (exact) mass is 842 g/mol. The number of imidazole rings is 2. The van der Waals surface area contributed by atoms with Crippen LogP contribution in [-0.2, 0) is 36.9 Å². The highest BCUT2D eigenvalue weighted by molar-refractivity contribution is 5.83. The number of pyridine rings is 2. The molecule has 0 spiro atoms. The Bertz CT molecular complexity index is 2310. The smallest absolute Gasteiger partial charge is 0.479 e. The van der Waals surface area contributed by atoms with Gasteiger partial charge in [0.25, 0.3) is 0 Å². The maximum absolute atomic E-state index is 12.3. The Labute approximate surface area is 351 Å². The van der Waals surface area contributed by atoms with E-state index >= 15 is 0 Å². The van der Waals surface area contributed by atoms with Crippen LogP contribution >= 0.6 is 0 Å². The molecule has 0 radical (unpaired) electrons. The first-order chi connectivity index (χ1) is 28.6. The van der Waals surface area contributed by atoms with E-state index in [1.807, 2.05) is 59.3 Å². The van der Waals surface area contributed by atoms with Gasteiger partial charge in [0, 0.05) is 51.7 Å². The molecule has 4 aromatic heterocycles. The van der Waals surface area contributed by atoms with Gasteiger partial charge < -0.3 is 44.1 Å². The summed E-state index contributed by atoms with van der Waals surface area (Å²) in [4.78, 5) is 68.4. The maximum Gasteiger partial charge on any atom is 0.537 e. The second-order valence-electron chi connectivity index (χ2n) is 14.3. The van der Waals surface area contributed by atoms with E-state index in [2.05, 4.69) is 67.3 Å². The first kappa shape index (κ1) is 48.2. The number of nitrogens with zero attached hydrogens (tertiary/aromatic N) is 6. The summed E-state index contributed by atoms with van der Waals surface area (Å²) in [6, 6.07) is 24.6. The van der Waals surface area contributed by atoms with Crippen molar-refractivity contribution in [2.75, 3.05) is 28.2 Å². The van der Waals surface area contributed by atoms with Gasteiger partial charge in [-0.25, -0.2) is 24.4 Å². The molecule has 324 valence electrons. The zero-order valence-electron chi connectivity index (χ0n) is 35.0. The van der Waals surface area contributed by atoms with Gasteiger partial charge in [-0.2, -0.15) is 5.26 Å². The number of carbonyl (C=O) groups is 5. The second-order valence-corrected chi connectivity index (χ2v) is 14.3. The molecule has 2 aromatic carbocycles. The maximum atomic E-state index is 12.3. The number of benzene rings is 2. The lowest BCUT2D eigenvalue weighted by molar-refractivity contribution is -0.194. The van der Waals surface area contributed by atoms with E-state index in [0.717, 1.165) is 56.3 Å². The number of aliphatic hydroxyl groups is 2. The molecule has 0 fully saturated rings. The van der Waals surface area contributed by atoms with Crippen molar-refractivity contribution >= 4 is 41.2 Å². The van der Waals surface area contributed by atoms with E-state index in [-0.39, 0.29) is 11.8 Å². The van der Waals surface area contributed by atoms with Crippen LogP contribution < -0.4 is 0 Å². The zero-order valence-corrected chi connectivity index (χ0v) is 35.0.